The molecule has 0 radical (unpaired) electrons. The Balaban J connectivity index is 2.70. The van der Waals surface area contributed by atoms with Gasteiger partial charge in [0.1, 0.15) is 0 Å². The van der Waals surface area contributed by atoms with Crippen LogP contribution in [0.5, 0.6) is 0 Å². The molecule has 3 rings (SSSR count). The lowest BCUT2D eigenvalue weighted by molar-refractivity contribution is 1.72. The van der Waals surface area contributed by atoms with E-state index in [0.717, 1.165) is 0 Å². The van der Waals surface area contributed by atoms with Gasteiger partial charge in [-0.2, -0.15) is 0 Å². The van der Waals surface area contributed by atoms with Crippen LogP contribution in [-0.4, -0.2) is 29.4 Å². The van der Waals surface area contributed by atoms with Gasteiger partial charge in [-0.1, -0.05) is 113 Å². The van der Waals surface area contributed by atoms with E-state index in [1.807, 2.05) is 5.19 Å². The average molecular weight is 425 g/mol. The lowest BCUT2D eigenvalue weighted by Gasteiger charge is -2.58. The first-order valence-electron chi connectivity index (χ1n) is 10.2. The molecule has 0 nitrogen and oxygen atoms in total. The van der Waals surface area contributed by atoms with Gasteiger partial charge in [0, 0.05) is 22.8 Å². The number of fused-ring (bicyclic) bond motifs is 2. The fraction of sp³-hybridized carbons (Fsp3) is 0.391. The van der Waals surface area contributed by atoms with E-state index in [0.29, 0.717) is 0 Å². The molecule has 0 amide bonds. The normalized spacial score (nSPS) is 14.1. The van der Waals surface area contributed by atoms with E-state index in [2.05, 4.69) is 114 Å². The van der Waals surface area contributed by atoms with Gasteiger partial charge in [0.15, 0.2) is 0 Å². The van der Waals surface area contributed by atoms with E-state index in [9.17, 15) is 0 Å². The Bertz CT molecular complexity index is 895. The van der Waals surface area contributed by atoms with Crippen LogP contribution in [0, 0.1) is 0 Å². The molecular weight excluding hydrogens is 389 g/mol. The van der Waals surface area contributed by atoms with Gasteiger partial charge in [0.25, 0.3) is 0 Å². The molecule has 3 aromatic carbocycles. The Morgan fingerprint density at radius 2 is 0.815 bits per heavy atom. The van der Waals surface area contributed by atoms with Gasteiger partial charge in [-0.05, 0) is 27.6 Å². The van der Waals surface area contributed by atoms with Gasteiger partial charge in [-0.15, -0.1) is 0 Å². The van der Waals surface area contributed by atoms with Gasteiger partial charge in [0.2, 0.25) is 0 Å². The molecule has 0 spiro atoms. The van der Waals surface area contributed by atoms with Crippen molar-refractivity contribution in [3.05, 3.63) is 54.6 Å². The molecule has 0 atom stereocenters. The molecule has 27 heavy (non-hydrogen) atoms. The van der Waals surface area contributed by atoms with Crippen molar-refractivity contribution in [3.63, 3.8) is 0 Å². The monoisotopic (exact) mass is 424 g/mol. The summed E-state index contributed by atoms with van der Waals surface area (Å²) in [6.07, 6.45) is 0. The minimum Gasteiger partial charge on any atom is -0.0716 e. The fourth-order valence-electron chi connectivity index (χ4n) is 6.92. The predicted molar refractivity (Wildman–Crippen MR) is 137 cm³/mol. The summed E-state index contributed by atoms with van der Waals surface area (Å²) < 4.78 is 0. The summed E-state index contributed by atoms with van der Waals surface area (Å²) in [6, 6.07) is 20.9. The third-order valence-electron chi connectivity index (χ3n) is 6.52. The summed E-state index contributed by atoms with van der Waals surface area (Å²) in [6.45, 7) is 22.6. The van der Waals surface area contributed by atoms with Crippen LogP contribution in [0.1, 0.15) is 0 Å². The topological polar surface area (TPSA) is 0 Å². The molecule has 0 aromatic heterocycles. The second kappa shape index (κ2) is 6.54. The summed E-state index contributed by atoms with van der Waals surface area (Å²) in [7, 11) is -4.26. The zero-order valence-electron chi connectivity index (χ0n) is 18.7. The first-order chi connectivity index (χ1) is 12.3. The third-order valence-corrected chi connectivity index (χ3v) is 77.6. The molecule has 0 bridgehead atoms. The average Bonchev–Trinajstić information content (AvgIpc) is 2.50. The first kappa shape index (κ1) is 20.8. The van der Waals surface area contributed by atoms with Crippen molar-refractivity contribution in [2.75, 3.05) is 0 Å². The number of hydrogen-bond donors (Lipinski definition) is 0. The van der Waals surface area contributed by atoms with Crippen molar-refractivity contribution in [2.24, 2.45) is 0 Å². The summed E-state index contributed by atoms with van der Waals surface area (Å²) >= 11 is 0. The van der Waals surface area contributed by atoms with Gasteiger partial charge < -0.3 is 0 Å². The lowest BCUT2D eigenvalue weighted by Crippen LogP contribution is -2.88. The number of benzene rings is 3. The van der Waals surface area contributed by atoms with E-state index in [1.54, 1.807) is 10.8 Å². The van der Waals surface area contributed by atoms with Crippen LogP contribution in [0.2, 0.25) is 58.9 Å². The summed E-state index contributed by atoms with van der Waals surface area (Å²) in [5.74, 6) is 0. The van der Waals surface area contributed by atoms with Crippen LogP contribution in [0.15, 0.2) is 54.6 Å². The summed E-state index contributed by atoms with van der Waals surface area (Å²) in [4.78, 5) is 0. The lowest BCUT2D eigenvalue weighted by atomic mass is 10.0. The van der Waals surface area contributed by atoms with Crippen LogP contribution < -0.4 is 5.19 Å². The Kier molecular flexibility index (Phi) is 5.03. The van der Waals surface area contributed by atoms with E-state index in [1.165, 1.54) is 10.8 Å². The zero-order valence-corrected chi connectivity index (χ0v) is 22.7. The van der Waals surface area contributed by atoms with Crippen molar-refractivity contribution >= 4 is 56.1 Å². The van der Waals surface area contributed by atoms with Crippen LogP contribution in [0.3, 0.4) is 0 Å². The van der Waals surface area contributed by atoms with Crippen LogP contribution in [0.4, 0.5) is 0 Å². The maximum atomic E-state index is 2.70. The second-order valence-corrected chi connectivity index (χ2v) is 51.4. The third kappa shape index (κ3) is 3.05. The largest absolute Gasteiger partial charge is 0.0716 e. The Labute approximate surface area is 169 Å². The maximum Gasteiger partial charge on any atom is 0.0701 e. The van der Waals surface area contributed by atoms with Crippen molar-refractivity contribution < 1.29 is 0 Å². The van der Waals surface area contributed by atoms with Crippen molar-refractivity contribution in [3.8, 4) is 0 Å². The van der Waals surface area contributed by atoms with Crippen LogP contribution >= 0.6 is 0 Å². The van der Waals surface area contributed by atoms with E-state index < -0.39 is 29.4 Å². The smallest absolute Gasteiger partial charge is 0.0701 e. The Morgan fingerprint density at radius 3 is 1.15 bits per heavy atom. The minimum absolute atomic E-state index is 1.42. The minimum atomic E-state index is -1.69. The quantitative estimate of drug-likeness (QED) is 0.315. The van der Waals surface area contributed by atoms with Gasteiger partial charge in [-0.3, -0.25) is 0 Å². The fourth-order valence-corrected chi connectivity index (χ4v) is 107. The second-order valence-electron chi connectivity index (χ2n) is 11.2. The van der Waals surface area contributed by atoms with E-state index in [-0.39, 0.29) is 0 Å². The first-order valence-corrected chi connectivity index (χ1v) is 25.7. The van der Waals surface area contributed by atoms with E-state index in [4.69, 9.17) is 0 Å². The Morgan fingerprint density at radius 1 is 0.481 bits per heavy atom. The number of rotatable bonds is 4. The molecule has 0 aliphatic heterocycles. The zero-order chi connectivity index (χ0) is 20.3. The molecule has 0 aliphatic rings. The molecule has 0 aliphatic carbocycles. The molecule has 0 saturated heterocycles. The van der Waals surface area contributed by atoms with E-state index >= 15 is 0 Å². The highest BCUT2D eigenvalue weighted by Crippen LogP contribution is 2.40. The van der Waals surface area contributed by atoms with Gasteiger partial charge >= 0.3 is 0 Å². The van der Waals surface area contributed by atoms with Gasteiger partial charge in [0.05, 0.1) is 6.63 Å². The van der Waals surface area contributed by atoms with Gasteiger partial charge in [-0.25, -0.2) is 0 Å². The summed E-state index contributed by atoms with van der Waals surface area (Å²) in [5, 5.41) is 7.86. The number of hydrogen-bond acceptors (Lipinski definition) is 0. The standard InChI is InChI=1S/C23H36Si4/c1-24(2,3)27(25(4,5)6,26(7,8)9)23-21-16-12-10-14-19(21)18-20-15-11-13-17-22(20)23/h10-18H,1-9H3. The molecule has 0 unspecified atom stereocenters. The molecule has 3 aromatic rings. The molecule has 0 heterocycles. The van der Waals surface area contributed by atoms with Crippen molar-refractivity contribution in [2.45, 2.75) is 58.9 Å². The highest BCUT2D eigenvalue weighted by molar-refractivity contribution is 7.93. The Hall–Kier alpha value is -0.952. The highest BCUT2D eigenvalue weighted by Gasteiger charge is 2.63. The van der Waals surface area contributed by atoms with Crippen molar-refractivity contribution in [1.82, 2.24) is 0 Å². The molecule has 0 saturated carbocycles. The molecule has 0 fully saturated rings. The molecular formula is C23H36Si4. The van der Waals surface area contributed by atoms with Crippen LogP contribution in [0.25, 0.3) is 21.5 Å². The summed E-state index contributed by atoms with van der Waals surface area (Å²) in [5.41, 5.74) is 0. The van der Waals surface area contributed by atoms with Crippen LogP contribution in [-0.2, 0) is 0 Å². The SMILES string of the molecule is C[Si](C)(C)[Si](c1c2ccccc2cc2ccccc12)([Si](C)(C)C)[Si](C)(C)C. The molecule has 0 N–H and O–H groups in total. The predicted octanol–water partition coefficient (Wildman–Crippen LogP) is 6.90. The maximum absolute atomic E-state index is 2.70. The molecule has 144 valence electrons. The van der Waals surface area contributed by atoms with Crippen molar-refractivity contribution in [1.29, 1.82) is 0 Å². The molecule has 4 heteroatoms. The highest BCUT2D eigenvalue weighted by atomic mass is 29.9.